The molecule has 0 saturated carbocycles. The maximum absolute atomic E-state index is 11.6. The first kappa shape index (κ1) is 17.2. The van der Waals surface area contributed by atoms with E-state index < -0.39 is 0 Å². The lowest BCUT2D eigenvalue weighted by molar-refractivity contribution is -0.119. The number of methoxy groups -OCH3 is 1. The molecular formula is C19H18ClN3O2. The van der Waals surface area contributed by atoms with Gasteiger partial charge in [-0.05, 0) is 30.3 Å². The Bertz CT molecular complexity index is 899. The Balaban J connectivity index is 1.71. The summed E-state index contributed by atoms with van der Waals surface area (Å²) in [6.45, 7) is 0.558. The fourth-order valence-corrected chi connectivity index (χ4v) is 2.70. The minimum Gasteiger partial charge on any atom is -0.381 e. The van der Waals surface area contributed by atoms with Crippen LogP contribution in [-0.2, 0) is 16.1 Å². The number of aromatic nitrogens is 1. The van der Waals surface area contributed by atoms with Crippen LogP contribution in [0.1, 0.15) is 5.56 Å². The minimum absolute atomic E-state index is 0.0238. The van der Waals surface area contributed by atoms with Crippen molar-refractivity contribution in [2.24, 2.45) is 0 Å². The molecule has 1 amide bonds. The molecule has 0 saturated heterocycles. The number of halogens is 1. The molecule has 0 atom stereocenters. The summed E-state index contributed by atoms with van der Waals surface area (Å²) in [5.74, 6) is -0.193. The summed E-state index contributed by atoms with van der Waals surface area (Å²) in [5, 5.41) is 7.61. The molecule has 3 aromatic rings. The van der Waals surface area contributed by atoms with Crippen LogP contribution >= 0.6 is 11.6 Å². The van der Waals surface area contributed by atoms with Crippen LogP contribution in [0.3, 0.4) is 0 Å². The second kappa shape index (κ2) is 7.96. The summed E-state index contributed by atoms with van der Waals surface area (Å²) in [7, 11) is 1.49. The quantitative estimate of drug-likeness (QED) is 0.654. The maximum Gasteiger partial charge on any atom is 0.250 e. The van der Waals surface area contributed by atoms with Crippen LogP contribution in [0.15, 0.2) is 54.6 Å². The Morgan fingerprint density at radius 1 is 1.12 bits per heavy atom. The number of hydrogen-bond acceptors (Lipinski definition) is 4. The number of rotatable bonds is 6. The Morgan fingerprint density at radius 2 is 1.92 bits per heavy atom. The van der Waals surface area contributed by atoms with Gasteiger partial charge in [-0.25, -0.2) is 4.98 Å². The van der Waals surface area contributed by atoms with E-state index in [9.17, 15) is 4.79 Å². The summed E-state index contributed by atoms with van der Waals surface area (Å²) in [6.07, 6.45) is 0. The van der Waals surface area contributed by atoms with Gasteiger partial charge < -0.3 is 15.4 Å². The fraction of sp³-hybridized carbons (Fsp3) is 0.158. The van der Waals surface area contributed by atoms with Gasteiger partial charge >= 0.3 is 0 Å². The smallest absolute Gasteiger partial charge is 0.250 e. The van der Waals surface area contributed by atoms with Gasteiger partial charge in [0, 0.05) is 36.0 Å². The van der Waals surface area contributed by atoms with E-state index in [4.69, 9.17) is 16.3 Å². The van der Waals surface area contributed by atoms with E-state index >= 15 is 0 Å². The van der Waals surface area contributed by atoms with Gasteiger partial charge in [0.25, 0.3) is 0 Å². The van der Waals surface area contributed by atoms with Crippen molar-refractivity contribution in [3.05, 3.63) is 65.3 Å². The van der Waals surface area contributed by atoms with Crippen LogP contribution in [0.5, 0.6) is 0 Å². The van der Waals surface area contributed by atoms with E-state index in [2.05, 4.69) is 15.6 Å². The molecule has 0 spiro atoms. The largest absolute Gasteiger partial charge is 0.381 e. The van der Waals surface area contributed by atoms with Gasteiger partial charge in [0.1, 0.15) is 11.8 Å². The van der Waals surface area contributed by atoms with Crippen LogP contribution in [0.2, 0.25) is 5.15 Å². The van der Waals surface area contributed by atoms with Crippen LogP contribution in [0.25, 0.3) is 10.9 Å². The number of ether oxygens (including phenoxy) is 1. The number of carbonyl (C=O) groups is 1. The zero-order chi connectivity index (χ0) is 17.6. The molecule has 0 aliphatic carbocycles. The molecule has 1 aromatic heterocycles. The zero-order valence-corrected chi connectivity index (χ0v) is 14.5. The Hall–Kier alpha value is -2.63. The van der Waals surface area contributed by atoms with Crippen molar-refractivity contribution in [2.45, 2.75) is 6.54 Å². The van der Waals surface area contributed by atoms with E-state index in [1.807, 2.05) is 54.6 Å². The maximum atomic E-state index is 11.6. The van der Waals surface area contributed by atoms with E-state index in [-0.39, 0.29) is 12.5 Å². The third kappa shape index (κ3) is 4.47. The molecule has 2 aromatic carbocycles. The number of pyridine rings is 1. The summed E-state index contributed by atoms with van der Waals surface area (Å²) < 4.78 is 4.81. The van der Waals surface area contributed by atoms with Crippen LogP contribution in [0.4, 0.5) is 11.4 Å². The highest BCUT2D eigenvalue weighted by atomic mass is 35.5. The first-order chi connectivity index (χ1) is 12.2. The van der Waals surface area contributed by atoms with Gasteiger partial charge in [-0.15, -0.1) is 0 Å². The Morgan fingerprint density at radius 3 is 2.76 bits per heavy atom. The minimum atomic E-state index is -0.193. The predicted molar refractivity (Wildman–Crippen MR) is 101 cm³/mol. The number of para-hydroxylation sites is 1. The number of amides is 1. The predicted octanol–water partition coefficient (Wildman–Crippen LogP) is 4.09. The molecule has 0 aliphatic heterocycles. The molecule has 2 N–H and O–H groups in total. The molecule has 0 radical (unpaired) electrons. The van der Waals surface area contributed by atoms with Crippen molar-refractivity contribution in [3.63, 3.8) is 0 Å². The van der Waals surface area contributed by atoms with E-state index in [0.29, 0.717) is 17.4 Å². The highest BCUT2D eigenvalue weighted by Gasteiger charge is 2.06. The number of nitrogens with zero attached hydrogens (tertiary/aromatic N) is 1. The second-order valence-corrected chi connectivity index (χ2v) is 5.90. The van der Waals surface area contributed by atoms with E-state index in [1.54, 1.807) is 0 Å². The third-order valence-corrected chi connectivity index (χ3v) is 3.98. The highest BCUT2D eigenvalue weighted by molar-refractivity contribution is 6.30. The third-order valence-electron chi connectivity index (χ3n) is 3.65. The highest BCUT2D eigenvalue weighted by Crippen LogP contribution is 2.22. The van der Waals surface area contributed by atoms with Crippen LogP contribution in [0, 0.1) is 0 Å². The summed E-state index contributed by atoms with van der Waals surface area (Å²) >= 11 is 6.28. The lowest BCUT2D eigenvalue weighted by Gasteiger charge is -2.11. The first-order valence-corrected chi connectivity index (χ1v) is 8.20. The number of fused-ring (bicyclic) bond motifs is 1. The molecule has 0 unspecified atom stereocenters. The summed E-state index contributed by atoms with van der Waals surface area (Å²) in [6, 6.07) is 17.4. The van der Waals surface area contributed by atoms with Crippen molar-refractivity contribution in [2.75, 3.05) is 24.4 Å². The summed E-state index contributed by atoms with van der Waals surface area (Å²) in [5.41, 5.74) is 3.36. The molecular weight excluding hydrogens is 338 g/mol. The fourth-order valence-electron chi connectivity index (χ4n) is 2.49. The Labute approximate surface area is 151 Å². The van der Waals surface area contributed by atoms with Crippen LogP contribution in [-0.4, -0.2) is 24.6 Å². The molecule has 0 fully saturated rings. The monoisotopic (exact) mass is 355 g/mol. The number of nitrogens with one attached hydrogen (secondary N) is 2. The topological polar surface area (TPSA) is 63.2 Å². The molecule has 0 bridgehead atoms. The number of benzene rings is 2. The normalized spacial score (nSPS) is 10.6. The van der Waals surface area contributed by atoms with Crippen molar-refractivity contribution < 1.29 is 9.53 Å². The number of hydrogen-bond donors (Lipinski definition) is 2. The van der Waals surface area contributed by atoms with E-state index in [1.165, 1.54) is 7.11 Å². The van der Waals surface area contributed by atoms with Crippen molar-refractivity contribution in [1.82, 2.24) is 4.98 Å². The van der Waals surface area contributed by atoms with Gasteiger partial charge in [0.15, 0.2) is 0 Å². The Kier molecular flexibility index (Phi) is 5.48. The lowest BCUT2D eigenvalue weighted by Crippen LogP contribution is -2.17. The van der Waals surface area contributed by atoms with Gasteiger partial charge in [0.05, 0.1) is 5.52 Å². The van der Waals surface area contributed by atoms with Crippen molar-refractivity contribution >= 4 is 39.8 Å². The van der Waals surface area contributed by atoms with E-state index in [0.717, 1.165) is 22.2 Å². The van der Waals surface area contributed by atoms with Gasteiger partial charge in [-0.3, -0.25) is 4.79 Å². The standard InChI is InChI=1S/C19H18ClN3O2/c1-25-12-18(24)22-16-7-4-6-15(10-16)21-11-14-9-13-5-2-3-8-17(13)23-19(14)20/h2-10,21H,11-12H2,1H3,(H,22,24). The number of anilines is 2. The molecule has 1 heterocycles. The SMILES string of the molecule is COCC(=O)Nc1cccc(NCc2cc3ccccc3nc2Cl)c1. The molecule has 6 heteroatoms. The first-order valence-electron chi connectivity index (χ1n) is 7.82. The van der Waals surface area contributed by atoms with Gasteiger partial charge in [-0.1, -0.05) is 35.9 Å². The van der Waals surface area contributed by atoms with Crippen molar-refractivity contribution in [3.8, 4) is 0 Å². The zero-order valence-electron chi connectivity index (χ0n) is 13.8. The van der Waals surface area contributed by atoms with Gasteiger partial charge in [-0.2, -0.15) is 0 Å². The second-order valence-electron chi connectivity index (χ2n) is 5.55. The van der Waals surface area contributed by atoms with Crippen molar-refractivity contribution in [1.29, 1.82) is 0 Å². The summed E-state index contributed by atoms with van der Waals surface area (Å²) in [4.78, 5) is 16.0. The molecule has 3 rings (SSSR count). The average molecular weight is 356 g/mol. The van der Waals surface area contributed by atoms with Gasteiger partial charge in [0.2, 0.25) is 5.91 Å². The molecule has 25 heavy (non-hydrogen) atoms. The average Bonchev–Trinajstić information content (AvgIpc) is 2.60. The molecule has 0 aliphatic rings. The lowest BCUT2D eigenvalue weighted by atomic mass is 10.1. The molecule has 5 nitrogen and oxygen atoms in total. The number of carbonyl (C=O) groups excluding carboxylic acids is 1. The van der Waals surface area contributed by atoms with Crippen LogP contribution < -0.4 is 10.6 Å². The molecule has 128 valence electrons.